The van der Waals surface area contributed by atoms with Crippen LogP contribution >= 0.6 is 0 Å². The quantitative estimate of drug-likeness (QED) is 0.553. The molecule has 10 atom stereocenters. The number of hydrogen-bond acceptors (Lipinski definition) is 5. The van der Waals surface area contributed by atoms with E-state index in [0.29, 0.717) is 66.3 Å². The summed E-state index contributed by atoms with van der Waals surface area (Å²) in [5.41, 5.74) is -0.243. The Kier molecular flexibility index (Phi) is 7.49. The lowest BCUT2D eigenvalue weighted by Gasteiger charge is -2.57. The van der Waals surface area contributed by atoms with Crippen molar-refractivity contribution in [3.05, 3.63) is 0 Å². The zero-order valence-corrected chi connectivity index (χ0v) is 23.7. The highest BCUT2D eigenvalue weighted by atomic mass is 19.1. The summed E-state index contributed by atoms with van der Waals surface area (Å²) in [5.74, 6) is 1.92. The number of aliphatic hydroxyl groups is 2. The molecule has 2 aliphatic carbocycles. The van der Waals surface area contributed by atoms with Gasteiger partial charge in [-0.1, -0.05) is 20.8 Å². The van der Waals surface area contributed by atoms with Crippen molar-refractivity contribution in [3.8, 4) is 0 Å². The molecule has 6 aliphatic rings. The van der Waals surface area contributed by atoms with E-state index in [2.05, 4.69) is 30.6 Å². The molecule has 9 unspecified atom stereocenters. The topological polar surface area (TPSA) is 56.2 Å². The summed E-state index contributed by atoms with van der Waals surface area (Å²) in [6, 6.07) is 2.23. The van der Waals surface area contributed by atoms with Crippen LogP contribution < -0.4 is 0 Å². The largest absolute Gasteiger partial charge is 0.396 e. The van der Waals surface area contributed by atoms with E-state index in [1.165, 1.54) is 25.7 Å². The number of piperidine rings is 2. The number of likely N-dealkylation sites (tertiary alicyclic amines) is 1. The second-order valence-electron chi connectivity index (χ2n) is 14.8. The molecule has 0 radical (unpaired) electrons. The highest BCUT2D eigenvalue weighted by Crippen LogP contribution is 2.54. The van der Waals surface area contributed by atoms with Gasteiger partial charge in [0.05, 0.1) is 18.8 Å². The van der Waals surface area contributed by atoms with Crippen molar-refractivity contribution in [1.82, 2.24) is 9.80 Å². The van der Waals surface area contributed by atoms with Gasteiger partial charge in [0.1, 0.15) is 6.17 Å². The van der Waals surface area contributed by atoms with Crippen LogP contribution in [0.2, 0.25) is 0 Å². The van der Waals surface area contributed by atoms with E-state index in [-0.39, 0.29) is 12.5 Å². The Hall–Kier alpha value is -0.270. The predicted octanol–water partition coefficient (Wildman–Crippen LogP) is 4.64. The first-order valence-corrected chi connectivity index (χ1v) is 15.8. The number of nitrogens with zero attached hydrogens (tertiary/aromatic N) is 2. The van der Waals surface area contributed by atoms with Crippen molar-refractivity contribution >= 4 is 0 Å². The normalized spacial score (nSPS) is 48.6. The summed E-state index contributed by atoms with van der Waals surface area (Å²) in [6.07, 6.45) is 10.7. The van der Waals surface area contributed by atoms with E-state index in [1.54, 1.807) is 0 Å². The maximum atomic E-state index is 15.5. The molecule has 0 spiro atoms. The molecule has 37 heavy (non-hydrogen) atoms. The highest BCUT2D eigenvalue weighted by molar-refractivity contribution is 5.12. The van der Waals surface area contributed by atoms with E-state index < -0.39 is 11.8 Å². The number of hydrogen-bond donors (Lipinski definition) is 2. The first-order chi connectivity index (χ1) is 17.7. The van der Waals surface area contributed by atoms with Crippen molar-refractivity contribution < 1.29 is 19.3 Å². The van der Waals surface area contributed by atoms with E-state index in [4.69, 9.17) is 4.74 Å². The monoisotopic (exact) mass is 520 g/mol. The second kappa shape index (κ2) is 10.3. The van der Waals surface area contributed by atoms with E-state index >= 15 is 4.39 Å². The van der Waals surface area contributed by atoms with Crippen molar-refractivity contribution in [2.45, 2.75) is 127 Å². The molecule has 0 aromatic carbocycles. The molecule has 2 N–H and O–H groups in total. The highest BCUT2D eigenvalue weighted by Gasteiger charge is 2.59. The van der Waals surface area contributed by atoms with Crippen LogP contribution in [0.15, 0.2) is 0 Å². The minimum atomic E-state index is -0.717. The molecule has 6 fully saturated rings. The van der Waals surface area contributed by atoms with Gasteiger partial charge in [0.25, 0.3) is 0 Å². The summed E-state index contributed by atoms with van der Waals surface area (Å²) >= 11 is 0. The maximum absolute atomic E-state index is 15.5. The maximum Gasteiger partial charge on any atom is 0.103 e. The first kappa shape index (κ1) is 26.9. The number of ether oxygens (including phenoxy) is 1. The SMILES string of the molecule is CC[C@@]1(O)COCC2CN3CC4C(CC5CC(F)C(CCCO)CC5N4C4CCC(C)(C)CC4)C3CC21. The van der Waals surface area contributed by atoms with Gasteiger partial charge in [0, 0.05) is 49.8 Å². The van der Waals surface area contributed by atoms with E-state index in [1.807, 2.05) is 0 Å². The Balaban J connectivity index is 1.28. The Morgan fingerprint density at radius 1 is 0.973 bits per heavy atom. The molecule has 0 aromatic heterocycles. The van der Waals surface area contributed by atoms with Crippen LogP contribution in [-0.2, 0) is 4.74 Å². The van der Waals surface area contributed by atoms with Crippen molar-refractivity contribution in [2.24, 2.45) is 35.0 Å². The molecule has 2 saturated carbocycles. The molecule has 4 heterocycles. The summed E-state index contributed by atoms with van der Waals surface area (Å²) in [7, 11) is 0. The average Bonchev–Trinajstić information content (AvgIpc) is 3.22. The third kappa shape index (κ3) is 4.83. The zero-order valence-electron chi connectivity index (χ0n) is 23.7. The van der Waals surface area contributed by atoms with Crippen molar-refractivity contribution in [1.29, 1.82) is 0 Å². The van der Waals surface area contributed by atoms with E-state index in [9.17, 15) is 10.2 Å². The first-order valence-electron chi connectivity index (χ1n) is 15.8. The Bertz CT molecular complexity index is 801. The molecule has 212 valence electrons. The molecular weight excluding hydrogens is 467 g/mol. The third-order valence-corrected chi connectivity index (χ3v) is 12.3. The molecule has 4 aliphatic heterocycles. The van der Waals surface area contributed by atoms with Crippen LogP contribution in [-0.4, -0.2) is 88.9 Å². The molecule has 0 amide bonds. The Morgan fingerprint density at radius 2 is 1.76 bits per heavy atom. The molecule has 0 bridgehead atoms. The summed E-state index contributed by atoms with van der Waals surface area (Å²) in [4.78, 5) is 5.75. The lowest BCUT2D eigenvalue weighted by Crippen LogP contribution is -2.62. The molecule has 4 saturated heterocycles. The number of fused-ring (bicyclic) bond motifs is 5. The summed E-state index contributed by atoms with van der Waals surface area (Å²) in [6.45, 7) is 10.6. The van der Waals surface area contributed by atoms with Crippen LogP contribution in [0.25, 0.3) is 0 Å². The number of halogens is 1. The van der Waals surface area contributed by atoms with Crippen LogP contribution in [0.5, 0.6) is 0 Å². The standard InChI is InChI=1S/C31H53FN2O3/c1-4-31(36)19-37-18-22-16-33-17-29-24(28(33)15-25(22)31)12-21-13-26(32)20(6-5-11-35)14-27(21)34(29)23-7-9-30(2,3)10-8-23/h20-29,35-36H,4-19H2,1-3H3/t20?,21?,22?,24?,25?,26?,27?,28?,29?,31-/m1/s1. The van der Waals surface area contributed by atoms with Gasteiger partial charge >= 0.3 is 0 Å². The fourth-order valence-electron chi connectivity index (χ4n) is 10.1. The van der Waals surface area contributed by atoms with Crippen LogP contribution in [0.1, 0.15) is 91.4 Å². The fourth-order valence-corrected chi connectivity index (χ4v) is 10.1. The minimum Gasteiger partial charge on any atom is -0.396 e. The minimum absolute atomic E-state index is 0.107. The summed E-state index contributed by atoms with van der Waals surface area (Å²) in [5, 5.41) is 20.9. The van der Waals surface area contributed by atoms with Crippen LogP contribution in [0.3, 0.4) is 0 Å². The number of rotatable bonds is 5. The Labute approximate surface area is 224 Å². The zero-order chi connectivity index (χ0) is 25.9. The molecular formula is C31H53FN2O3. The molecule has 0 aromatic rings. The lowest BCUT2D eigenvalue weighted by molar-refractivity contribution is -0.178. The van der Waals surface area contributed by atoms with Gasteiger partial charge in [-0.25, -0.2) is 4.39 Å². The molecule has 5 nitrogen and oxygen atoms in total. The third-order valence-electron chi connectivity index (χ3n) is 12.3. The number of alkyl halides is 1. The molecule has 6 rings (SSSR count). The van der Waals surface area contributed by atoms with Gasteiger partial charge in [-0.05, 0) is 99.7 Å². The lowest BCUT2D eigenvalue weighted by atomic mass is 9.63. The molecule has 6 heteroatoms. The van der Waals surface area contributed by atoms with Gasteiger partial charge in [0.15, 0.2) is 0 Å². The van der Waals surface area contributed by atoms with Gasteiger partial charge in [-0.3, -0.25) is 9.80 Å². The van der Waals surface area contributed by atoms with Gasteiger partial charge in [0.2, 0.25) is 0 Å². The van der Waals surface area contributed by atoms with Crippen molar-refractivity contribution in [3.63, 3.8) is 0 Å². The average molecular weight is 521 g/mol. The van der Waals surface area contributed by atoms with Crippen LogP contribution in [0, 0.1) is 35.0 Å². The van der Waals surface area contributed by atoms with Crippen molar-refractivity contribution in [2.75, 3.05) is 32.9 Å². The Morgan fingerprint density at radius 3 is 2.49 bits per heavy atom. The fraction of sp³-hybridized carbons (Fsp3) is 1.00. The smallest absolute Gasteiger partial charge is 0.103 e. The van der Waals surface area contributed by atoms with Crippen LogP contribution in [0.4, 0.5) is 4.39 Å². The summed E-state index contributed by atoms with van der Waals surface area (Å²) < 4.78 is 21.4. The van der Waals surface area contributed by atoms with Gasteiger partial charge in [-0.2, -0.15) is 0 Å². The van der Waals surface area contributed by atoms with E-state index in [0.717, 1.165) is 58.2 Å². The number of aliphatic hydroxyl groups excluding tert-OH is 1. The predicted molar refractivity (Wildman–Crippen MR) is 144 cm³/mol. The van der Waals surface area contributed by atoms with Gasteiger partial charge < -0.3 is 14.9 Å². The van der Waals surface area contributed by atoms with Gasteiger partial charge in [-0.15, -0.1) is 0 Å². The second-order valence-corrected chi connectivity index (χ2v) is 14.8.